The van der Waals surface area contributed by atoms with E-state index in [1.54, 1.807) is 18.2 Å². The Bertz CT molecular complexity index is 529. The molecule has 0 unspecified atom stereocenters. The van der Waals surface area contributed by atoms with Crippen LogP contribution in [0.2, 0.25) is 5.02 Å². The van der Waals surface area contributed by atoms with Crippen LogP contribution in [0.5, 0.6) is 0 Å². The van der Waals surface area contributed by atoms with E-state index in [2.05, 4.69) is 11.1 Å². The summed E-state index contributed by atoms with van der Waals surface area (Å²) >= 11 is 5.87. The van der Waals surface area contributed by atoms with Crippen LogP contribution in [-0.2, 0) is 4.79 Å². The lowest BCUT2D eigenvalue weighted by Crippen LogP contribution is -2.14. The molecule has 1 fully saturated rings. The second-order valence-electron chi connectivity index (χ2n) is 4.02. The topological polar surface area (TPSA) is 53.2 Å². The molecule has 0 aliphatic heterocycles. The van der Waals surface area contributed by atoms with E-state index in [1.165, 1.54) is 0 Å². The van der Waals surface area contributed by atoms with Gasteiger partial charge in [0, 0.05) is 23.6 Å². The highest BCUT2D eigenvalue weighted by atomic mass is 35.5. The zero-order chi connectivity index (χ0) is 12.3. The fraction of sp³-hybridized carbons (Fsp3) is 0.308. The van der Waals surface area contributed by atoms with Gasteiger partial charge in [0.15, 0.2) is 0 Å². The zero-order valence-corrected chi connectivity index (χ0v) is 10.00. The first kappa shape index (κ1) is 11.8. The molecule has 0 spiro atoms. The molecule has 0 saturated heterocycles. The molecule has 1 saturated carbocycles. The van der Waals surface area contributed by atoms with E-state index in [9.17, 15) is 4.79 Å². The second kappa shape index (κ2) is 5.11. The van der Waals surface area contributed by atoms with Gasteiger partial charge in [-0.3, -0.25) is 9.79 Å². The summed E-state index contributed by atoms with van der Waals surface area (Å²) in [6, 6.07) is 7.04. The highest BCUT2D eigenvalue weighted by molar-refractivity contribution is 6.30. The Morgan fingerprint density at radius 2 is 2.18 bits per heavy atom. The summed E-state index contributed by atoms with van der Waals surface area (Å²) in [5, 5.41) is 9.51. The lowest BCUT2D eigenvalue weighted by Gasteiger charge is -2.11. The summed E-state index contributed by atoms with van der Waals surface area (Å²) in [5.74, 6) is 0.218. The maximum absolute atomic E-state index is 11.3. The largest absolute Gasteiger partial charge is 0.299 e. The Kier molecular flexibility index (Phi) is 3.55. The molecule has 3 nitrogen and oxygen atoms in total. The van der Waals surface area contributed by atoms with Gasteiger partial charge in [0.05, 0.1) is 11.3 Å². The van der Waals surface area contributed by atoms with Crippen molar-refractivity contribution in [1.82, 2.24) is 0 Å². The van der Waals surface area contributed by atoms with Crippen molar-refractivity contribution >= 4 is 28.8 Å². The maximum Gasteiger partial charge on any atom is 0.138 e. The SMILES string of the molecule is N#Cc1ccc(Cl)cc1N=C1CCCC(=O)C1. The molecular weight excluding hydrogens is 236 g/mol. The first-order valence-corrected chi connectivity index (χ1v) is 5.84. The molecule has 1 aromatic carbocycles. The highest BCUT2D eigenvalue weighted by Crippen LogP contribution is 2.25. The molecule has 0 heterocycles. The monoisotopic (exact) mass is 246 g/mol. The van der Waals surface area contributed by atoms with Crippen molar-refractivity contribution in [1.29, 1.82) is 5.26 Å². The number of nitriles is 1. The average molecular weight is 247 g/mol. The third kappa shape index (κ3) is 2.92. The van der Waals surface area contributed by atoms with Crippen molar-refractivity contribution in [3.05, 3.63) is 28.8 Å². The molecule has 1 aliphatic carbocycles. The lowest BCUT2D eigenvalue weighted by atomic mass is 9.97. The number of carbonyl (C=O) groups excluding carboxylic acids is 1. The number of Topliss-reactive ketones (excluding diaryl/α,β-unsaturated/α-hetero) is 1. The molecule has 0 N–H and O–H groups in total. The fourth-order valence-electron chi connectivity index (χ4n) is 1.85. The quantitative estimate of drug-likeness (QED) is 0.762. The minimum Gasteiger partial charge on any atom is -0.299 e. The first-order chi connectivity index (χ1) is 8.19. The van der Waals surface area contributed by atoms with Gasteiger partial charge in [-0.2, -0.15) is 5.26 Å². The van der Waals surface area contributed by atoms with Crippen molar-refractivity contribution in [3.63, 3.8) is 0 Å². The number of hydrogen-bond acceptors (Lipinski definition) is 3. The van der Waals surface area contributed by atoms with Crippen LogP contribution in [0, 0.1) is 11.3 Å². The number of benzene rings is 1. The van der Waals surface area contributed by atoms with Crippen LogP contribution in [0.25, 0.3) is 0 Å². The molecule has 1 aliphatic rings. The molecule has 86 valence electrons. The summed E-state index contributed by atoms with van der Waals surface area (Å²) in [5.41, 5.74) is 1.89. The normalized spacial score (nSPS) is 18.1. The van der Waals surface area contributed by atoms with Crippen molar-refractivity contribution in [3.8, 4) is 6.07 Å². The van der Waals surface area contributed by atoms with E-state index < -0.39 is 0 Å². The smallest absolute Gasteiger partial charge is 0.138 e. The fourth-order valence-corrected chi connectivity index (χ4v) is 2.02. The Balaban J connectivity index is 2.34. The number of hydrogen-bond donors (Lipinski definition) is 0. The molecule has 0 radical (unpaired) electrons. The Hall–Kier alpha value is -1.66. The predicted octanol–water partition coefficient (Wildman–Crippen LogP) is 3.43. The Morgan fingerprint density at radius 3 is 2.88 bits per heavy atom. The van der Waals surface area contributed by atoms with Crippen LogP contribution in [0.3, 0.4) is 0 Å². The molecule has 0 amide bonds. The van der Waals surface area contributed by atoms with E-state index >= 15 is 0 Å². The molecule has 4 heteroatoms. The number of carbonyl (C=O) groups is 1. The highest BCUT2D eigenvalue weighted by Gasteiger charge is 2.15. The molecule has 0 atom stereocenters. The lowest BCUT2D eigenvalue weighted by molar-refractivity contribution is -0.118. The van der Waals surface area contributed by atoms with Gasteiger partial charge < -0.3 is 0 Å². The Morgan fingerprint density at radius 1 is 1.35 bits per heavy atom. The van der Waals surface area contributed by atoms with Gasteiger partial charge in [0.1, 0.15) is 11.9 Å². The number of halogens is 1. The standard InChI is InChI=1S/C13H11ClN2O/c14-10-5-4-9(8-15)13(6-10)16-11-2-1-3-12(17)7-11/h4-6H,1-3,7H2. The maximum atomic E-state index is 11.3. The van der Waals surface area contributed by atoms with Crippen LogP contribution >= 0.6 is 11.6 Å². The minimum atomic E-state index is 0.218. The summed E-state index contributed by atoms with van der Waals surface area (Å²) in [7, 11) is 0. The number of aliphatic imine (C=N–C) groups is 1. The molecule has 2 rings (SSSR count). The van der Waals surface area contributed by atoms with Crippen molar-refractivity contribution < 1.29 is 4.79 Å². The van der Waals surface area contributed by atoms with Crippen molar-refractivity contribution in [2.24, 2.45) is 4.99 Å². The molecular formula is C13H11ClN2O. The van der Waals surface area contributed by atoms with E-state index in [4.69, 9.17) is 16.9 Å². The van der Waals surface area contributed by atoms with Crippen LogP contribution in [0.15, 0.2) is 23.2 Å². The Labute approximate surface area is 105 Å². The van der Waals surface area contributed by atoms with Crippen LogP contribution in [0.1, 0.15) is 31.2 Å². The molecule has 1 aromatic rings. The van der Waals surface area contributed by atoms with E-state index in [1.807, 2.05) is 0 Å². The van der Waals surface area contributed by atoms with Gasteiger partial charge in [-0.05, 0) is 31.0 Å². The van der Waals surface area contributed by atoms with Gasteiger partial charge in [0.2, 0.25) is 0 Å². The number of rotatable bonds is 1. The number of nitrogens with zero attached hydrogens (tertiary/aromatic N) is 2. The minimum absolute atomic E-state index is 0.218. The zero-order valence-electron chi connectivity index (χ0n) is 9.24. The van der Waals surface area contributed by atoms with Gasteiger partial charge in [0.25, 0.3) is 0 Å². The van der Waals surface area contributed by atoms with Crippen molar-refractivity contribution in [2.45, 2.75) is 25.7 Å². The van der Waals surface area contributed by atoms with Gasteiger partial charge in [-0.1, -0.05) is 11.6 Å². The molecule has 0 bridgehead atoms. The van der Waals surface area contributed by atoms with Crippen LogP contribution in [-0.4, -0.2) is 11.5 Å². The summed E-state index contributed by atoms with van der Waals surface area (Å²) in [6.07, 6.45) is 2.71. The third-order valence-electron chi connectivity index (χ3n) is 2.68. The van der Waals surface area contributed by atoms with Gasteiger partial charge in [-0.15, -0.1) is 0 Å². The second-order valence-corrected chi connectivity index (χ2v) is 4.46. The number of ketones is 1. The third-order valence-corrected chi connectivity index (χ3v) is 2.92. The van der Waals surface area contributed by atoms with Crippen LogP contribution in [0.4, 0.5) is 5.69 Å². The first-order valence-electron chi connectivity index (χ1n) is 5.47. The van der Waals surface area contributed by atoms with E-state index in [0.29, 0.717) is 29.1 Å². The summed E-state index contributed by atoms with van der Waals surface area (Å²) in [4.78, 5) is 15.7. The van der Waals surface area contributed by atoms with E-state index in [-0.39, 0.29) is 5.78 Å². The van der Waals surface area contributed by atoms with Gasteiger partial charge in [-0.25, -0.2) is 0 Å². The predicted molar refractivity (Wildman–Crippen MR) is 66.7 cm³/mol. The summed E-state index contributed by atoms with van der Waals surface area (Å²) in [6.45, 7) is 0. The summed E-state index contributed by atoms with van der Waals surface area (Å²) < 4.78 is 0. The van der Waals surface area contributed by atoms with Crippen LogP contribution < -0.4 is 0 Å². The van der Waals surface area contributed by atoms with Gasteiger partial charge >= 0.3 is 0 Å². The molecule has 0 aromatic heterocycles. The van der Waals surface area contributed by atoms with Crippen molar-refractivity contribution in [2.75, 3.05) is 0 Å². The molecule has 17 heavy (non-hydrogen) atoms. The van der Waals surface area contributed by atoms with E-state index in [0.717, 1.165) is 18.6 Å². The average Bonchev–Trinajstić information content (AvgIpc) is 2.29.